The van der Waals surface area contributed by atoms with Crippen molar-refractivity contribution in [3.63, 3.8) is 0 Å². The lowest BCUT2D eigenvalue weighted by Gasteiger charge is -2.32. The van der Waals surface area contributed by atoms with Gasteiger partial charge in [0.25, 0.3) is 5.91 Å². The summed E-state index contributed by atoms with van der Waals surface area (Å²) < 4.78 is 0. The van der Waals surface area contributed by atoms with Crippen LogP contribution in [0.15, 0.2) is 60.8 Å². The molecule has 1 aromatic heterocycles. The fourth-order valence-electron chi connectivity index (χ4n) is 3.81. The van der Waals surface area contributed by atoms with E-state index >= 15 is 0 Å². The van der Waals surface area contributed by atoms with Crippen LogP contribution in [0.3, 0.4) is 0 Å². The number of rotatable bonds is 4. The van der Waals surface area contributed by atoms with E-state index in [4.69, 9.17) is 0 Å². The van der Waals surface area contributed by atoms with Gasteiger partial charge in [-0.3, -0.25) is 14.7 Å². The van der Waals surface area contributed by atoms with Crippen LogP contribution in [0.1, 0.15) is 39.3 Å². The molecule has 1 aliphatic rings. The van der Waals surface area contributed by atoms with Gasteiger partial charge in [0.05, 0.1) is 11.8 Å². The standard InChI is InChI=1S/C23H23N3O2/c1-16-21(14-24-25-16)23(28)26-13-5-8-20(15-26)22(27)19-11-9-18(10-12-19)17-6-3-2-4-7-17/h2-4,6-7,9-12,14,20H,5,8,13,15H2,1H3,(H,24,25). The van der Waals surface area contributed by atoms with E-state index in [1.807, 2.05) is 49.4 Å². The number of likely N-dealkylation sites (tertiary alicyclic amines) is 1. The van der Waals surface area contributed by atoms with E-state index in [0.717, 1.165) is 29.7 Å². The maximum Gasteiger partial charge on any atom is 0.257 e. The number of aromatic nitrogens is 2. The Morgan fingerprint density at radius 1 is 1.04 bits per heavy atom. The maximum atomic E-state index is 13.0. The van der Waals surface area contributed by atoms with Crippen molar-refractivity contribution in [1.82, 2.24) is 15.1 Å². The largest absolute Gasteiger partial charge is 0.338 e. The van der Waals surface area contributed by atoms with Crippen LogP contribution in [-0.2, 0) is 0 Å². The summed E-state index contributed by atoms with van der Waals surface area (Å²) in [6.07, 6.45) is 3.21. The van der Waals surface area contributed by atoms with Crippen LogP contribution in [0.25, 0.3) is 11.1 Å². The van der Waals surface area contributed by atoms with Crippen molar-refractivity contribution in [2.24, 2.45) is 5.92 Å². The first kappa shape index (κ1) is 18.2. The molecule has 1 fully saturated rings. The number of benzene rings is 2. The Morgan fingerprint density at radius 2 is 1.75 bits per heavy atom. The number of aromatic amines is 1. The van der Waals surface area contributed by atoms with E-state index in [0.29, 0.717) is 24.2 Å². The van der Waals surface area contributed by atoms with Gasteiger partial charge in [-0.1, -0.05) is 54.6 Å². The lowest BCUT2D eigenvalue weighted by Crippen LogP contribution is -2.42. The zero-order valence-electron chi connectivity index (χ0n) is 15.9. The normalized spacial score (nSPS) is 16.8. The smallest absolute Gasteiger partial charge is 0.257 e. The summed E-state index contributed by atoms with van der Waals surface area (Å²) in [6, 6.07) is 17.9. The minimum Gasteiger partial charge on any atom is -0.338 e. The average molecular weight is 373 g/mol. The zero-order chi connectivity index (χ0) is 19.5. The molecular formula is C23H23N3O2. The Balaban J connectivity index is 1.47. The highest BCUT2D eigenvalue weighted by Gasteiger charge is 2.30. The monoisotopic (exact) mass is 373 g/mol. The molecule has 2 aromatic carbocycles. The number of piperidine rings is 1. The molecule has 1 saturated heterocycles. The van der Waals surface area contributed by atoms with Crippen LogP contribution >= 0.6 is 0 Å². The molecule has 1 amide bonds. The first-order valence-corrected chi connectivity index (χ1v) is 9.62. The van der Waals surface area contributed by atoms with E-state index < -0.39 is 0 Å². The van der Waals surface area contributed by atoms with Gasteiger partial charge in [-0.2, -0.15) is 5.10 Å². The average Bonchev–Trinajstić information content (AvgIpc) is 3.19. The molecule has 4 rings (SSSR count). The van der Waals surface area contributed by atoms with Crippen LogP contribution in [0.2, 0.25) is 0 Å². The van der Waals surface area contributed by atoms with E-state index in [2.05, 4.69) is 22.3 Å². The maximum absolute atomic E-state index is 13.0. The Hall–Kier alpha value is -3.21. The fraction of sp³-hybridized carbons (Fsp3) is 0.261. The Labute approximate surface area is 164 Å². The van der Waals surface area contributed by atoms with E-state index in [-0.39, 0.29) is 17.6 Å². The molecule has 5 nitrogen and oxygen atoms in total. The fourth-order valence-corrected chi connectivity index (χ4v) is 3.81. The molecule has 142 valence electrons. The highest BCUT2D eigenvalue weighted by molar-refractivity contribution is 5.99. The highest BCUT2D eigenvalue weighted by Crippen LogP contribution is 2.25. The van der Waals surface area contributed by atoms with E-state index in [9.17, 15) is 9.59 Å². The number of amides is 1. The third-order valence-electron chi connectivity index (χ3n) is 5.42. The molecule has 0 bridgehead atoms. The highest BCUT2D eigenvalue weighted by atomic mass is 16.2. The lowest BCUT2D eigenvalue weighted by molar-refractivity contribution is 0.0636. The Kier molecular flexibility index (Phi) is 5.06. The van der Waals surface area contributed by atoms with Crippen LogP contribution < -0.4 is 0 Å². The summed E-state index contributed by atoms with van der Waals surface area (Å²) in [5, 5.41) is 6.74. The van der Waals surface area contributed by atoms with Gasteiger partial charge in [0.15, 0.2) is 5.78 Å². The summed E-state index contributed by atoms with van der Waals surface area (Å²) in [5.74, 6) is -0.100. The second kappa shape index (κ2) is 7.80. The van der Waals surface area contributed by atoms with Crippen molar-refractivity contribution in [2.45, 2.75) is 19.8 Å². The molecule has 2 heterocycles. The number of nitrogens with one attached hydrogen (secondary N) is 1. The SMILES string of the molecule is Cc1[nH]ncc1C(=O)N1CCCC(C(=O)c2ccc(-c3ccccc3)cc2)C1. The number of hydrogen-bond donors (Lipinski definition) is 1. The van der Waals surface area contributed by atoms with Crippen LogP contribution in [0, 0.1) is 12.8 Å². The summed E-state index contributed by atoms with van der Waals surface area (Å²) in [7, 11) is 0. The van der Waals surface area contributed by atoms with Crippen LogP contribution in [0.5, 0.6) is 0 Å². The predicted molar refractivity (Wildman–Crippen MR) is 108 cm³/mol. The van der Waals surface area contributed by atoms with Crippen LogP contribution in [0.4, 0.5) is 0 Å². The third-order valence-corrected chi connectivity index (χ3v) is 5.42. The van der Waals surface area contributed by atoms with Crippen molar-refractivity contribution >= 4 is 11.7 Å². The number of ketones is 1. The van der Waals surface area contributed by atoms with E-state index in [1.165, 1.54) is 0 Å². The van der Waals surface area contributed by atoms with Gasteiger partial charge in [-0.05, 0) is 30.9 Å². The molecule has 28 heavy (non-hydrogen) atoms. The number of carbonyl (C=O) groups is 2. The second-order valence-electron chi connectivity index (χ2n) is 7.31. The lowest BCUT2D eigenvalue weighted by atomic mass is 9.89. The van der Waals surface area contributed by atoms with Gasteiger partial charge in [0.2, 0.25) is 0 Å². The number of H-pyrrole nitrogens is 1. The summed E-state index contributed by atoms with van der Waals surface area (Å²) in [6.45, 7) is 2.98. The first-order chi connectivity index (χ1) is 13.6. The quantitative estimate of drug-likeness (QED) is 0.700. The Morgan fingerprint density at radius 3 is 2.43 bits per heavy atom. The van der Waals surface area contributed by atoms with Crippen molar-refractivity contribution in [2.75, 3.05) is 13.1 Å². The molecule has 1 aliphatic heterocycles. The topological polar surface area (TPSA) is 66.1 Å². The predicted octanol–water partition coefficient (Wildman–Crippen LogP) is 4.12. The molecule has 1 unspecified atom stereocenters. The summed E-state index contributed by atoms with van der Waals surface area (Å²) in [5.41, 5.74) is 4.27. The number of nitrogens with zero attached hydrogens (tertiary/aromatic N) is 2. The number of hydrogen-bond acceptors (Lipinski definition) is 3. The minimum atomic E-state index is -0.160. The van der Waals surface area contributed by atoms with Crippen molar-refractivity contribution in [3.8, 4) is 11.1 Å². The van der Waals surface area contributed by atoms with Crippen molar-refractivity contribution in [1.29, 1.82) is 0 Å². The van der Waals surface area contributed by atoms with Gasteiger partial charge in [0, 0.05) is 30.3 Å². The van der Waals surface area contributed by atoms with E-state index in [1.54, 1.807) is 11.1 Å². The van der Waals surface area contributed by atoms with Gasteiger partial charge in [0.1, 0.15) is 0 Å². The van der Waals surface area contributed by atoms with Gasteiger partial charge < -0.3 is 4.90 Å². The molecular weight excluding hydrogens is 350 g/mol. The summed E-state index contributed by atoms with van der Waals surface area (Å²) >= 11 is 0. The van der Waals surface area contributed by atoms with Gasteiger partial charge in [-0.15, -0.1) is 0 Å². The number of Topliss-reactive ketones (excluding diaryl/α,β-unsaturated/α-hetero) is 1. The second-order valence-corrected chi connectivity index (χ2v) is 7.31. The van der Waals surface area contributed by atoms with Crippen LogP contribution in [-0.4, -0.2) is 39.9 Å². The molecule has 1 atom stereocenters. The molecule has 5 heteroatoms. The summed E-state index contributed by atoms with van der Waals surface area (Å²) in [4.78, 5) is 27.5. The molecule has 0 radical (unpaired) electrons. The minimum absolute atomic E-state index is 0.0526. The molecule has 1 N–H and O–H groups in total. The number of aryl methyl sites for hydroxylation is 1. The molecule has 0 spiro atoms. The van der Waals surface area contributed by atoms with Crippen molar-refractivity contribution < 1.29 is 9.59 Å². The van der Waals surface area contributed by atoms with Gasteiger partial charge in [-0.25, -0.2) is 0 Å². The molecule has 0 saturated carbocycles. The van der Waals surface area contributed by atoms with Gasteiger partial charge >= 0.3 is 0 Å². The third kappa shape index (κ3) is 3.60. The first-order valence-electron chi connectivity index (χ1n) is 9.62. The zero-order valence-corrected chi connectivity index (χ0v) is 15.9. The molecule has 3 aromatic rings. The van der Waals surface area contributed by atoms with Crippen molar-refractivity contribution in [3.05, 3.63) is 77.6 Å². The number of carbonyl (C=O) groups excluding carboxylic acids is 2. The molecule has 0 aliphatic carbocycles. The Bertz CT molecular complexity index is 977.